The number of rotatable bonds is 9. The number of hydrogen-bond acceptors (Lipinski definition) is 1. The second-order valence-corrected chi connectivity index (χ2v) is 8.52. The summed E-state index contributed by atoms with van der Waals surface area (Å²) < 4.78 is 13.3. The summed E-state index contributed by atoms with van der Waals surface area (Å²) >= 11 is 6.08. The van der Waals surface area contributed by atoms with Crippen LogP contribution in [0.1, 0.15) is 74.8 Å². The Morgan fingerprint density at radius 2 is 1.59 bits per heavy atom. The summed E-state index contributed by atoms with van der Waals surface area (Å²) in [5.41, 5.74) is 6.68. The lowest BCUT2D eigenvalue weighted by atomic mass is 10.0. The van der Waals surface area contributed by atoms with Crippen molar-refractivity contribution in [2.75, 3.05) is 6.54 Å². The van der Waals surface area contributed by atoms with Crippen LogP contribution in [0.5, 0.6) is 0 Å². The maximum Gasteiger partial charge on any atom is 0.123 e. The monoisotopic (exact) mass is 481 g/mol. The van der Waals surface area contributed by atoms with Crippen LogP contribution < -0.4 is 5.32 Å². The summed E-state index contributed by atoms with van der Waals surface area (Å²) in [6.07, 6.45) is 5.36. The highest BCUT2D eigenvalue weighted by atomic mass is 35.5. The van der Waals surface area contributed by atoms with Gasteiger partial charge >= 0.3 is 0 Å². The summed E-state index contributed by atoms with van der Waals surface area (Å²) in [4.78, 5) is 0. The van der Waals surface area contributed by atoms with Gasteiger partial charge in [0.25, 0.3) is 0 Å². The Hall–Kier alpha value is -2.58. The highest BCUT2D eigenvalue weighted by Crippen LogP contribution is 2.18. The van der Waals surface area contributed by atoms with E-state index in [-0.39, 0.29) is 5.82 Å². The lowest BCUT2D eigenvalue weighted by Gasteiger charge is -2.12. The minimum Gasteiger partial charge on any atom is -0.385 e. The van der Waals surface area contributed by atoms with Crippen LogP contribution in [-0.2, 0) is 12.8 Å². The smallest absolute Gasteiger partial charge is 0.123 e. The van der Waals surface area contributed by atoms with Gasteiger partial charge < -0.3 is 5.32 Å². The van der Waals surface area contributed by atoms with Crippen molar-refractivity contribution >= 4 is 17.3 Å². The van der Waals surface area contributed by atoms with Crippen LogP contribution in [0, 0.1) is 12.7 Å². The molecule has 3 aromatic carbocycles. The molecule has 3 aromatic rings. The topological polar surface area (TPSA) is 12.0 Å². The van der Waals surface area contributed by atoms with Gasteiger partial charge in [-0.3, -0.25) is 0 Å². The van der Waals surface area contributed by atoms with Crippen molar-refractivity contribution in [1.29, 1.82) is 0 Å². The molecule has 0 heterocycles. The van der Waals surface area contributed by atoms with Gasteiger partial charge in [0.05, 0.1) is 0 Å². The normalized spacial score (nSPS) is 9.85. The molecule has 184 valence electrons. The first-order chi connectivity index (χ1) is 16.4. The molecule has 1 N–H and O–H groups in total. The standard InChI is InChI=1S/C25H25ClFN.C4H10.C2H6/c1-18-8-13-24(26)17-23(18)6-4-14-28-19(2)22-11-9-20(10-12-22)15-21-5-3-7-25(27)16-21;1-3-4-2;1-2/h3,5,7-13,16-17,28H,2,4,6,14-15H2,1H3;3-4H2,1-2H3;1-2H3. The Morgan fingerprint density at radius 1 is 0.912 bits per heavy atom. The highest BCUT2D eigenvalue weighted by molar-refractivity contribution is 6.30. The molecule has 0 unspecified atom stereocenters. The van der Waals surface area contributed by atoms with E-state index in [1.165, 1.54) is 30.0 Å². The second-order valence-electron chi connectivity index (χ2n) is 8.08. The van der Waals surface area contributed by atoms with Crippen molar-refractivity contribution in [3.8, 4) is 0 Å². The second kappa shape index (κ2) is 16.9. The fourth-order valence-corrected chi connectivity index (χ4v) is 3.43. The molecule has 3 heteroatoms. The van der Waals surface area contributed by atoms with Crippen LogP contribution >= 0.6 is 11.6 Å². The molecule has 0 amide bonds. The summed E-state index contributed by atoms with van der Waals surface area (Å²) in [5.74, 6) is -0.195. The molecule has 0 aliphatic heterocycles. The highest BCUT2D eigenvalue weighted by Gasteiger charge is 2.03. The van der Waals surface area contributed by atoms with Gasteiger partial charge in [-0.05, 0) is 78.3 Å². The van der Waals surface area contributed by atoms with Gasteiger partial charge in [-0.2, -0.15) is 0 Å². The van der Waals surface area contributed by atoms with Crippen molar-refractivity contribution in [1.82, 2.24) is 5.32 Å². The van der Waals surface area contributed by atoms with Crippen LogP contribution in [0.2, 0.25) is 5.02 Å². The average Bonchev–Trinajstić information content (AvgIpc) is 2.85. The predicted octanol–water partition coefficient (Wildman–Crippen LogP) is 9.40. The van der Waals surface area contributed by atoms with Crippen molar-refractivity contribution in [2.45, 2.75) is 66.7 Å². The summed E-state index contributed by atoms with van der Waals surface area (Å²) in [6.45, 7) is 15.5. The van der Waals surface area contributed by atoms with Crippen molar-refractivity contribution in [3.05, 3.63) is 112 Å². The first-order valence-electron chi connectivity index (χ1n) is 12.4. The van der Waals surface area contributed by atoms with Crippen molar-refractivity contribution in [2.24, 2.45) is 0 Å². The average molecular weight is 482 g/mol. The third kappa shape index (κ3) is 11.0. The minimum absolute atomic E-state index is 0.195. The van der Waals surface area contributed by atoms with E-state index < -0.39 is 0 Å². The molecule has 0 saturated heterocycles. The van der Waals surface area contributed by atoms with E-state index in [2.05, 4.69) is 63.0 Å². The molecule has 0 aromatic heterocycles. The zero-order chi connectivity index (χ0) is 25.3. The number of benzene rings is 3. The van der Waals surface area contributed by atoms with Crippen molar-refractivity contribution < 1.29 is 4.39 Å². The largest absolute Gasteiger partial charge is 0.385 e. The van der Waals surface area contributed by atoms with E-state index in [4.69, 9.17) is 11.6 Å². The Labute approximate surface area is 212 Å². The summed E-state index contributed by atoms with van der Waals surface area (Å²) in [5, 5.41) is 4.19. The quantitative estimate of drug-likeness (QED) is 0.300. The zero-order valence-corrected chi connectivity index (χ0v) is 22.3. The SMILES string of the molecule is C=C(NCCCc1cc(Cl)ccc1C)c1ccc(Cc2cccc(F)c2)cc1.CC.CCCC. The minimum atomic E-state index is -0.195. The third-order valence-corrected chi connectivity index (χ3v) is 5.61. The molecular formula is C31H41ClFN. The van der Waals surface area contributed by atoms with Gasteiger partial charge in [0.1, 0.15) is 5.82 Å². The number of hydrogen-bond donors (Lipinski definition) is 1. The number of aryl methyl sites for hydroxylation is 2. The first kappa shape index (κ1) is 29.5. The Bertz CT molecular complexity index is 977. The Kier molecular flexibility index (Phi) is 14.7. The molecule has 0 saturated carbocycles. The molecule has 0 aliphatic rings. The lowest BCUT2D eigenvalue weighted by molar-refractivity contribution is 0.626. The van der Waals surface area contributed by atoms with Crippen LogP contribution in [0.3, 0.4) is 0 Å². The predicted molar refractivity (Wildman–Crippen MR) is 149 cm³/mol. The van der Waals surface area contributed by atoms with Crippen LogP contribution in [0.4, 0.5) is 4.39 Å². The Morgan fingerprint density at radius 3 is 2.21 bits per heavy atom. The molecule has 0 bridgehead atoms. The molecule has 0 spiro atoms. The van der Waals surface area contributed by atoms with Gasteiger partial charge in [-0.25, -0.2) is 4.39 Å². The summed E-state index contributed by atoms with van der Waals surface area (Å²) in [7, 11) is 0. The van der Waals surface area contributed by atoms with Gasteiger partial charge in [-0.1, -0.05) is 101 Å². The molecule has 0 aliphatic carbocycles. The fourth-order valence-electron chi connectivity index (χ4n) is 3.24. The van der Waals surface area contributed by atoms with E-state index in [1.807, 2.05) is 32.0 Å². The number of nitrogens with one attached hydrogen (secondary N) is 1. The maximum absolute atomic E-state index is 13.3. The first-order valence-corrected chi connectivity index (χ1v) is 12.8. The number of halogens is 2. The van der Waals surface area contributed by atoms with Crippen LogP contribution in [-0.4, -0.2) is 6.54 Å². The van der Waals surface area contributed by atoms with Crippen LogP contribution in [0.15, 0.2) is 73.3 Å². The molecule has 1 nitrogen and oxygen atoms in total. The Balaban J connectivity index is 0.000000872. The molecule has 0 radical (unpaired) electrons. The van der Waals surface area contributed by atoms with Gasteiger partial charge in [0.2, 0.25) is 0 Å². The van der Waals surface area contributed by atoms with Crippen molar-refractivity contribution in [3.63, 3.8) is 0 Å². The van der Waals surface area contributed by atoms with Gasteiger partial charge in [0.15, 0.2) is 0 Å². The van der Waals surface area contributed by atoms with E-state index in [9.17, 15) is 4.39 Å². The molecule has 0 fully saturated rings. The number of unbranched alkanes of at least 4 members (excludes halogenated alkanes) is 1. The van der Waals surface area contributed by atoms with E-state index in [1.54, 1.807) is 12.1 Å². The van der Waals surface area contributed by atoms with Crippen LogP contribution in [0.25, 0.3) is 5.70 Å². The van der Waals surface area contributed by atoms with E-state index in [0.717, 1.165) is 53.2 Å². The zero-order valence-electron chi connectivity index (χ0n) is 21.6. The lowest BCUT2D eigenvalue weighted by Crippen LogP contribution is -2.13. The molecule has 3 rings (SSSR count). The molecule has 34 heavy (non-hydrogen) atoms. The van der Waals surface area contributed by atoms with Gasteiger partial charge in [0, 0.05) is 17.3 Å². The third-order valence-electron chi connectivity index (χ3n) is 5.37. The van der Waals surface area contributed by atoms with Gasteiger partial charge in [-0.15, -0.1) is 0 Å². The molecular weight excluding hydrogens is 441 g/mol. The fraction of sp³-hybridized carbons (Fsp3) is 0.355. The van der Waals surface area contributed by atoms with E-state index in [0.29, 0.717) is 0 Å². The summed E-state index contributed by atoms with van der Waals surface area (Å²) in [6, 6.07) is 21.0. The maximum atomic E-state index is 13.3. The molecule has 0 atom stereocenters. The van der Waals surface area contributed by atoms with E-state index >= 15 is 0 Å².